The predicted octanol–water partition coefficient (Wildman–Crippen LogP) is 2.84. The fraction of sp³-hybridized carbons (Fsp3) is 0.333. The van der Waals surface area contributed by atoms with Crippen LogP contribution in [0.2, 0.25) is 0 Å². The third-order valence-electron chi connectivity index (χ3n) is 5.05. The van der Waals surface area contributed by atoms with E-state index in [0.29, 0.717) is 30.4 Å². The van der Waals surface area contributed by atoms with Crippen molar-refractivity contribution < 1.29 is 14.2 Å². The molecule has 9 nitrogen and oxygen atoms in total. The van der Waals surface area contributed by atoms with Crippen LogP contribution in [0.25, 0.3) is 11.4 Å². The van der Waals surface area contributed by atoms with Gasteiger partial charge in [-0.05, 0) is 24.3 Å². The molecule has 2 heterocycles. The molecule has 0 amide bonds. The number of nitro benzene ring substituents is 1. The molecule has 1 fully saturated rings. The fourth-order valence-corrected chi connectivity index (χ4v) is 3.34. The van der Waals surface area contributed by atoms with Crippen molar-refractivity contribution in [2.24, 2.45) is 0 Å². The van der Waals surface area contributed by atoms with Crippen LogP contribution < -0.4 is 4.74 Å². The summed E-state index contributed by atoms with van der Waals surface area (Å²) in [5.41, 5.74) is 0.730. The van der Waals surface area contributed by atoms with Crippen LogP contribution in [0.5, 0.6) is 5.75 Å². The molecule has 3 aromatic rings. The van der Waals surface area contributed by atoms with Gasteiger partial charge in [0.1, 0.15) is 12.4 Å². The summed E-state index contributed by atoms with van der Waals surface area (Å²) >= 11 is 0. The van der Waals surface area contributed by atoms with Gasteiger partial charge in [0, 0.05) is 50.4 Å². The normalized spacial score (nSPS) is 15.2. The summed E-state index contributed by atoms with van der Waals surface area (Å²) in [5.74, 6) is 1.89. The highest BCUT2D eigenvalue weighted by atomic mass is 16.6. The zero-order valence-corrected chi connectivity index (χ0v) is 16.5. The standard InChI is InChI=1S/C21H23N5O4/c27-26(28)18-8-6-17(7-9-18)21-22-20(30-23-21)16-25-12-10-24(11-13-25)14-15-29-19-4-2-1-3-5-19/h1-9H,10-16H2. The smallest absolute Gasteiger partial charge is 0.269 e. The quantitative estimate of drug-likeness (QED) is 0.414. The number of rotatable bonds is 8. The van der Waals surface area contributed by atoms with Gasteiger partial charge < -0.3 is 9.26 Å². The summed E-state index contributed by atoms with van der Waals surface area (Å²) in [4.78, 5) is 19.4. The zero-order chi connectivity index (χ0) is 20.8. The molecule has 0 atom stereocenters. The highest BCUT2D eigenvalue weighted by Crippen LogP contribution is 2.20. The Balaban J connectivity index is 1.22. The van der Waals surface area contributed by atoms with Gasteiger partial charge in [-0.15, -0.1) is 0 Å². The van der Waals surface area contributed by atoms with Crippen LogP contribution in [0.4, 0.5) is 5.69 Å². The van der Waals surface area contributed by atoms with Crippen molar-refractivity contribution in [2.45, 2.75) is 6.54 Å². The third-order valence-corrected chi connectivity index (χ3v) is 5.05. The number of para-hydroxylation sites is 1. The van der Waals surface area contributed by atoms with E-state index >= 15 is 0 Å². The van der Waals surface area contributed by atoms with Gasteiger partial charge in [-0.2, -0.15) is 4.98 Å². The summed E-state index contributed by atoms with van der Waals surface area (Å²) in [6, 6.07) is 16.0. The molecule has 0 spiro atoms. The van der Waals surface area contributed by atoms with Crippen LogP contribution in [-0.2, 0) is 6.54 Å². The molecule has 0 radical (unpaired) electrons. The van der Waals surface area contributed by atoms with E-state index in [4.69, 9.17) is 9.26 Å². The third kappa shape index (κ3) is 5.19. The monoisotopic (exact) mass is 409 g/mol. The minimum Gasteiger partial charge on any atom is -0.492 e. The average Bonchev–Trinajstić information content (AvgIpc) is 3.24. The number of benzene rings is 2. The molecule has 156 valence electrons. The molecular formula is C21H23N5O4. The first kappa shape index (κ1) is 20.0. The second-order valence-electron chi connectivity index (χ2n) is 7.10. The number of hydrogen-bond donors (Lipinski definition) is 0. The highest BCUT2D eigenvalue weighted by Gasteiger charge is 2.19. The lowest BCUT2D eigenvalue weighted by molar-refractivity contribution is -0.384. The number of nitrogens with zero attached hydrogens (tertiary/aromatic N) is 5. The SMILES string of the molecule is O=[N+]([O-])c1ccc(-c2noc(CN3CCN(CCOc4ccccc4)CC3)n2)cc1. The highest BCUT2D eigenvalue weighted by molar-refractivity contribution is 5.56. The van der Waals surface area contributed by atoms with Crippen LogP contribution in [0.3, 0.4) is 0 Å². The zero-order valence-electron chi connectivity index (χ0n) is 16.5. The maximum Gasteiger partial charge on any atom is 0.269 e. The molecule has 1 aliphatic heterocycles. The Bertz CT molecular complexity index is 953. The van der Waals surface area contributed by atoms with E-state index in [1.54, 1.807) is 12.1 Å². The lowest BCUT2D eigenvalue weighted by atomic mass is 10.2. The number of nitro groups is 1. The van der Waals surface area contributed by atoms with E-state index in [2.05, 4.69) is 19.9 Å². The van der Waals surface area contributed by atoms with E-state index in [-0.39, 0.29) is 5.69 Å². The summed E-state index contributed by atoms with van der Waals surface area (Å²) in [5, 5.41) is 14.8. The molecule has 1 aliphatic rings. The Hall–Kier alpha value is -3.30. The summed E-state index contributed by atoms with van der Waals surface area (Å²) in [7, 11) is 0. The molecule has 0 unspecified atom stereocenters. The summed E-state index contributed by atoms with van der Waals surface area (Å²) in [6.45, 7) is 5.92. The van der Waals surface area contributed by atoms with E-state index in [1.165, 1.54) is 12.1 Å². The van der Waals surface area contributed by atoms with Gasteiger partial charge in [0.05, 0.1) is 11.5 Å². The van der Waals surface area contributed by atoms with Gasteiger partial charge in [-0.1, -0.05) is 23.4 Å². The van der Waals surface area contributed by atoms with Crippen molar-refractivity contribution in [3.63, 3.8) is 0 Å². The Morgan fingerprint density at radius 2 is 1.70 bits per heavy atom. The Kier molecular flexibility index (Phi) is 6.31. The molecule has 0 N–H and O–H groups in total. The molecule has 2 aromatic carbocycles. The Morgan fingerprint density at radius 3 is 2.40 bits per heavy atom. The Labute approximate surface area is 174 Å². The molecule has 30 heavy (non-hydrogen) atoms. The van der Waals surface area contributed by atoms with E-state index in [9.17, 15) is 10.1 Å². The number of aromatic nitrogens is 2. The first-order valence-corrected chi connectivity index (χ1v) is 9.87. The van der Waals surface area contributed by atoms with Gasteiger partial charge in [0.15, 0.2) is 0 Å². The van der Waals surface area contributed by atoms with Crippen LogP contribution in [0.15, 0.2) is 59.1 Å². The maximum atomic E-state index is 10.8. The van der Waals surface area contributed by atoms with Crippen molar-refractivity contribution in [1.82, 2.24) is 19.9 Å². The molecule has 0 aliphatic carbocycles. The molecule has 0 saturated carbocycles. The molecule has 1 aromatic heterocycles. The number of ether oxygens (including phenoxy) is 1. The number of piperazine rings is 1. The number of hydrogen-bond acceptors (Lipinski definition) is 8. The predicted molar refractivity (Wildman–Crippen MR) is 110 cm³/mol. The lowest BCUT2D eigenvalue weighted by Gasteiger charge is -2.33. The topological polar surface area (TPSA) is 97.8 Å². The van der Waals surface area contributed by atoms with E-state index < -0.39 is 4.92 Å². The van der Waals surface area contributed by atoms with Gasteiger partial charge in [-0.3, -0.25) is 19.9 Å². The van der Waals surface area contributed by atoms with Gasteiger partial charge >= 0.3 is 0 Å². The average molecular weight is 409 g/mol. The molecular weight excluding hydrogens is 386 g/mol. The molecule has 9 heteroatoms. The molecule has 4 rings (SSSR count). The van der Waals surface area contributed by atoms with Crippen molar-refractivity contribution >= 4 is 5.69 Å². The van der Waals surface area contributed by atoms with Crippen molar-refractivity contribution in [3.05, 3.63) is 70.6 Å². The first-order chi connectivity index (χ1) is 14.7. The van der Waals surface area contributed by atoms with E-state index in [1.807, 2.05) is 30.3 Å². The van der Waals surface area contributed by atoms with E-state index in [0.717, 1.165) is 38.5 Å². The van der Waals surface area contributed by atoms with Crippen molar-refractivity contribution in [3.8, 4) is 17.1 Å². The number of non-ortho nitro benzene ring substituents is 1. The fourth-order valence-electron chi connectivity index (χ4n) is 3.34. The van der Waals surface area contributed by atoms with Crippen molar-refractivity contribution in [2.75, 3.05) is 39.3 Å². The van der Waals surface area contributed by atoms with Crippen LogP contribution in [-0.4, -0.2) is 64.2 Å². The molecule has 0 bridgehead atoms. The minimum atomic E-state index is -0.432. The minimum absolute atomic E-state index is 0.0366. The summed E-state index contributed by atoms with van der Waals surface area (Å²) in [6.07, 6.45) is 0. The maximum absolute atomic E-state index is 10.8. The summed E-state index contributed by atoms with van der Waals surface area (Å²) < 4.78 is 11.1. The van der Waals surface area contributed by atoms with Gasteiger partial charge in [-0.25, -0.2) is 0 Å². The second kappa shape index (κ2) is 9.47. The Morgan fingerprint density at radius 1 is 1.00 bits per heavy atom. The largest absolute Gasteiger partial charge is 0.492 e. The van der Waals surface area contributed by atoms with Crippen LogP contribution >= 0.6 is 0 Å². The van der Waals surface area contributed by atoms with Crippen molar-refractivity contribution in [1.29, 1.82) is 0 Å². The van der Waals surface area contributed by atoms with Gasteiger partial charge in [0.25, 0.3) is 5.69 Å². The van der Waals surface area contributed by atoms with Crippen LogP contribution in [0.1, 0.15) is 5.89 Å². The lowest BCUT2D eigenvalue weighted by Crippen LogP contribution is -2.47. The molecule has 1 saturated heterocycles. The second-order valence-corrected chi connectivity index (χ2v) is 7.10. The van der Waals surface area contributed by atoms with Crippen LogP contribution in [0, 0.1) is 10.1 Å². The first-order valence-electron chi connectivity index (χ1n) is 9.87. The van der Waals surface area contributed by atoms with Gasteiger partial charge in [0.2, 0.25) is 11.7 Å².